The third kappa shape index (κ3) is 2.66. The fraction of sp³-hybridized carbons (Fsp3) is 0.500. The molecule has 5 nitrogen and oxygen atoms in total. The van der Waals surface area contributed by atoms with Gasteiger partial charge in [-0.25, -0.2) is 0 Å². The highest BCUT2D eigenvalue weighted by Crippen LogP contribution is 2.29. The summed E-state index contributed by atoms with van der Waals surface area (Å²) in [5, 5.41) is 9.73. The molecule has 1 heterocycles. The molecule has 1 aromatic carbocycles. The van der Waals surface area contributed by atoms with Gasteiger partial charge in [0, 0.05) is 18.2 Å². The Kier molecular flexibility index (Phi) is 3.95. The van der Waals surface area contributed by atoms with Crippen molar-refractivity contribution in [2.24, 2.45) is 11.7 Å². The highest BCUT2D eigenvalue weighted by atomic mass is 16.5. The van der Waals surface area contributed by atoms with Crippen LogP contribution in [0.1, 0.15) is 23.7 Å². The molecule has 0 radical (unpaired) electrons. The van der Waals surface area contributed by atoms with Crippen molar-refractivity contribution in [1.29, 1.82) is 0 Å². The zero-order valence-corrected chi connectivity index (χ0v) is 11.3. The number of hydrogen-bond donors (Lipinski definition) is 2. The standard InChI is InChI=1S/C14H20N2O3/c1-9-5-10(7-15)8-16(9)14(18)11-3-4-13(19-2)12(17)6-11/h3-4,6,9-10,17H,5,7-8,15H2,1-2H3. The van der Waals surface area contributed by atoms with Gasteiger partial charge in [-0.15, -0.1) is 0 Å². The molecule has 0 aromatic heterocycles. The summed E-state index contributed by atoms with van der Waals surface area (Å²) in [5.74, 6) is 0.647. The summed E-state index contributed by atoms with van der Waals surface area (Å²) in [6, 6.07) is 4.90. The van der Waals surface area contributed by atoms with E-state index < -0.39 is 0 Å². The van der Waals surface area contributed by atoms with Crippen molar-refractivity contribution >= 4 is 5.91 Å². The van der Waals surface area contributed by atoms with Gasteiger partial charge in [-0.1, -0.05) is 0 Å². The number of carbonyl (C=O) groups is 1. The minimum absolute atomic E-state index is 0.0180. The van der Waals surface area contributed by atoms with E-state index in [1.807, 2.05) is 11.8 Å². The van der Waals surface area contributed by atoms with Gasteiger partial charge < -0.3 is 20.5 Å². The third-order valence-corrected chi connectivity index (χ3v) is 3.68. The molecule has 2 atom stereocenters. The molecule has 1 aliphatic heterocycles. The van der Waals surface area contributed by atoms with Gasteiger partial charge in [0.05, 0.1) is 7.11 Å². The number of hydrogen-bond acceptors (Lipinski definition) is 4. The average Bonchev–Trinajstić information content (AvgIpc) is 2.79. The number of amides is 1. The van der Waals surface area contributed by atoms with E-state index in [9.17, 15) is 9.90 Å². The average molecular weight is 264 g/mol. The molecule has 3 N–H and O–H groups in total. The fourth-order valence-electron chi connectivity index (χ4n) is 2.58. The molecule has 0 spiro atoms. The first kappa shape index (κ1) is 13.7. The van der Waals surface area contributed by atoms with Crippen LogP contribution in [-0.4, -0.2) is 42.2 Å². The van der Waals surface area contributed by atoms with Crippen LogP contribution in [0.5, 0.6) is 11.5 Å². The Balaban J connectivity index is 2.18. The first-order chi connectivity index (χ1) is 9.06. The van der Waals surface area contributed by atoms with E-state index in [-0.39, 0.29) is 17.7 Å². The topological polar surface area (TPSA) is 75.8 Å². The van der Waals surface area contributed by atoms with Crippen molar-refractivity contribution in [2.45, 2.75) is 19.4 Å². The maximum Gasteiger partial charge on any atom is 0.254 e. The number of phenolic OH excluding ortho intramolecular Hbond substituents is 1. The van der Waals surface area contributed by atoms with Gasteiger partial charge in [0.1, 0.15) is 0 Å². The Bertz CT molecular complexity index is 476. The van der Waals surface area contributed by atoms with Crippen LogP contribution in [0.25, 0.3) is 0 Å². The number of likely N-dealkylation sites (tertiary alicyclic amines) is 1. The maximum atomic E-state index is 12.4. The van der Waals surface area contributed by atoms with E-state index in [0.29, 0.717) is 30.3 Å². The van der Waals surface area contributed by atoms with Gasteiger partial charge in [-0.3, -0.25) is 4.79 Å². The minimum Gasteiger partial charge on any atom is -0.504 e. The molecule has 1 saturated heterocycles. The van der Waals surface area contributed by atoms with Crippen molar-refractivity contribution in [2.75, 3.05) is 20.2 Å². The second-order valence-corrected chi connectivity index (χ2v) is 5.03. The molecule has 1 fully saturated rings. The lowest BCUT2D eigenvalue weighted by Crippen LogP contribution is -2.34. The Morgan fingerprint density at radius 2 is 2.32 bits per heavy atom. The SMILES string of the molecule is COc1ccc(C(=O)N2CC(CN)CC2C)cc1O. The van der Waals surface area contributed by atoms with Crippen LogP contribution in [-0.2, 0) is 0 Å². The van der Waals surface area contributed by atoms with Crippen LogP contribution in [0.15, 0.2) is 18.2 Å². The quantitative estimate of drug-likeness (QED) is 0.860. The van der Waals surface area contributed by atoms with E-state index in [2.05, 4.69) is 0 Å². The summed E-state index contributed by atoms with van der Waals surface area (Å²) >= 11 is 0. The fourth-order valence-corrected chi connectivity index (χ4v) is 2.58. The van der Waals surface area contributed by atoms with Gasteiger partial charge in [0.15, 0.2) is 11.5 Å². The molecule has 1 aliphatic rings. The Morgan fingerprint density at radius 1 is 1.58 bits per heavy atom. The van der Waals surface area contributed by atoms with Crippen molar-refractivity contribution in [3.8, 4) is 11.5 Å². The molecule has 0 saturated carbocycles. The number of ether oxygens (including phenoxy) is 1. The Labute approximate surface area is 113 Å². The van der Waals surface area contributed by atoms with Gasteiger partial charge in [-0.05, 0) is 44.0 Å². The number of aromatic hydroxyl groups is 1. The number of nitrogens with zero attached hydrogens (tertiary/aromatic N) is 1. The number of carbonyl (C=O) groups excluding carboxylic acids is 1. The van der Waals surface area contributed by atoms with Crippen LogP contribution in [0, 0.1) is 5.92 Å². The molecule has 1 aromatic rings. The van der Waals surface area contributed by atoms with Crippen LogP contribution < -0.4 is 10.5 Å². The molecular weight excluding hydrogens is 244 g/mol. The van der Waals surface area contributed by atoms with Crippen LogP contribution in [0.2, 0.25) is 0 Å². The molecule has 2 unspecified atom stereocenters. The largest absolute Gasteiger partial charge is 0.504 e. The van der Waals surface area contributed by atoms with Crippen molar-refractivity contribution in [3.05, 3.63) is 23.8 Å². The van der Waals surface area contributed by atoms with Gasteiger partial charge in [-0.2, -0.15) is 0 Å². The van der Waals surface area contributed by atoms with E-state index >= 15 is 0 Å². The second-order valence-electron chi connectivity index (χ2n) is 5.03. The van der Waals surface area contributed by atoms with Crippen LogP contribution in [0.3, 0.4) is 0 Å². The minimum atomic E-state index is -0.0681. The first-order valence-corrected chi connectivity index (χ1v) is 6.44. The summed E-state index contributed by atoms with van der Waals surface area (Å²) in [5.41, 5.74) is 6.14. The highest BCUT2D eigenvalue weighted by Gasteiger charge is 2.32. The first-order valence-electron chi connectivity index (χ1n) is 6.44. The monoisotopic (exact) mass is 264 g/mol. The van der Waals surface area contributed by atoms with Gasteiger partial charge in [0.2, 0.25) is 0 Å². The van der Waals surface area contributed by atoms with E-state index in [0.717, 1.165) is 6.42 Å². The molecule has 5 heteroatoms. The number of rotatable bonds is 3. The molecule has 104 valence electrons. The second kappa shape index (κ2) is 5.48. The number of benzene rings is 1. The lowest BCUT2D eigenvalue weighted by atomic mass is 10.1. The van der Waals surface area contributed by atoms with E-state index in [4.69, 9.17) is 10.5 Å². The number of phenols is 1. The van der Waals surface area contributed by atoms with Crippen LogP contribution in [0.4, 0.5) is 0 Å². The molecular formula is C14H20N2O3. The normalized spacial score (nSPS) is 22.6. The number of methoxy groups -OCH3 is 1. The Morgan fingerprint density at radius 3 is 2.84 bits per heavy atom. The number of nitrogens with two attached hydrogens (primary N) is 1. The summed E-state index contributed by atoms with van der Waals surface area (Å²) in [4.78, 5) is 14.2. The predicted molar refractivity (Wildman–Crippen MR) is 72.3 cm³/mol. The Hall–Kier alpha value is -1.75. The smallest absolute Gasteiger partial charge is 0.254 e. The predicted octanol–water partition coefficient (Wildman–Crippen LogP) is 1.21. The van der Waals surface area contributed by atoms with Gasteiger partial charge in [0.25, 0.3) is 5.91 Å². The summed E-state index contributed by atoms with van der Waals surface area (Å²) in [6.45, 7) is 3.31. The lowest BCUT2D eigenvalue weighted by molar-refractivity contribution is 0.0743. The molecule has 2 rings (SSSR count). The zero-order valence-electron chi connectivity index (χ0n) is 11.3. The molecule has 19 heavy (non-hydrogen) atoms. The summed E-state index contributed by atoms with van der Waals surface area (Å²) in [6.07, 6.45) is 0.935. The molecule has 0 bridgehead atoms. The van der Waals surface area contributed by atoms with Gasteiger partial charge >= 0.3 is 0 Å². The zero-order chi connectivity index (χ0) is 14.0. The van der Waals surface area contributed by atoms with E-state index in [1.165, 1.54) is 13.2 Å². The van der Waals surface area contributed by atoms with Crippen LogP contribution >= 0.6 is 0 Å². The van der Waals surface area contributed by atoms with Crippen molar-refractivity contribution < 1.29 is 14.6 Å². The highest BCUT2D eigenvalue weighted by molar-refractivity contribution is 5.95. The maximum absolute atomic E-state index is 12.4. The summed E-state index contributed by atoms with van der Waals surface area (Å²) in [7, 11) is 1.48. The molecule has 0 aliphatic carbocycles. The van der Waals surface area contributed by atoms with Crippen molar-refractivity contribution in [3.63, 3.8) is 0 Å². The summed E-state index contributed by atoms with van der Waals surface area (Å²) < 4.78 is 4.97. The molecule has 1 amide bonds. The third-order valence-electron chi connectivity index (χ3n) is 3.68. The lowest BCUT2D eigenvalue weighted by Gasteiger charge is -2.21. The van der Waals surface area contributed by atoms with Crippen molar-refractivity contribution in [1.82, 2.24) is 4.90 Å². The van der Waals surface area contributed by atoms with E-state index in [1.54, 1.807) is 12.1 Å².